The first-order valence-corrected chi connectivity index (χ1v) is 7.66. The van der Waals surface area contributed by atoms with Gasteiger partial charge in [-0.2, -0.15) is 5.26 Å². The second-order valence-electron chi connectivity index (χ2n) is 3.75. The largest absolute Gasteiger partial charge is 0.308 e. The summed E-state index contributed by atoms with van der Waals surface area (Å²) in [6.07, 6.45) is 4.30. The van der Waals surface area contributed by atoms with Gasteiger partial charge in [-0.3, -0.25) is 0 Å². The van der Waals surface area contributed by atoms with Crippen LogP contribution in [0.3, 0.4) is 0 Å². The molecule has 18 heavy (non-hydrogen) atoms. The number of hydrogen-bond donors (Lipinski definition) is 0. The molecule has 2 heterocycles. The van der Waals surface area contributed by atoms with Crippen molar-refractivity contribution in [3.8, 4) is 6.07 Å². The summed E-state index contributed by atoms with van der Waals surface area (Å²) in [4.78, 5) is 1.38. The molecule has 0 amide bonds. The summed E-state index contributed by atoms with van der Waals surface area (Å²) in [6.45, 7) is 0.911. The van der Waals surface area contributed by atoms with Crippen LogP contribution in [0.4, 0.5) is 0 Å². The molecular weight excluding hydrogens is 264 g/mol. The van der Waals surface area contributed by atoms with Gasteiger partial charge in [0, 0.05) is 23.6 Å². The van der Waals surface area contributed by atoms with Crippen molar-refractivity contribution >= 4 is 23.1 Å². The molecule has 2 aromatic heterocycles. The highest BCUT2D eigenvalue weighted by Crippen LogP contribution is 2.17. The molecule has 0 saturated carbocycles. The normalized spacial score (nSPS) is 10.4. The van der Waals surface area contributed by atoms with E-state index in [9.17, 15) is 0 Å². The van der Waals surface area contributed by atoms with Gasteiger partial charge in [0.05, 0.1) is 6.07 Å². The number of hydrogen-bond acceptors (Lipinski definition) is 5. The molecule has 0 aromatic carbocycles. The molecule has 0 saturated heterocycles. The molecule has 0 fully saturated rings. The quantitative estimate of drug-likeness (QED) is 0.577. The molecule has 2 rings (SSSR count). The lowest BCUT2D eigenvalue weighted by Gasteiger charge is -2.04. The topological polar surface area (TPSA) is 54.5 Å². The van der Waals surface area contributed by atoms with Crippen molar-refractivity contribution in [2.24, 2.45) is 0 Å². The molecule has 0 radical (unpaired) electrons. The third kappa shape index (κ3) is 3.86. The number of thioether (sulfide) groups is 1. The summed E-state index contributed by atoms with van der Waals surface area (Å²) in [6, 6.07) is 6.37. The van der Waals surface area contributed by atoms with Crippen molar-refractivity contribution in [2.45, 2.75) is 31.0 Å². The number of aryl methyl sites for hydroxylation is 2. The third-order valence-corrected chi connectivity index (χ3v) is 4.43. The number of nitriles is 1. The Kier molecular flexibility index (Phi) is 5.24. The Hall–Kier alpha value is -1.32. The van der Waals surface area contributed by atoms with Gasteiger partial charge in [-0.1, -0.05) is 17.8 Å². The first kappa shape index (κ1) is 13.1. The SMILES string of the molecule is N#CCCCSc1nncn1CCc1cccs1. The van der Waals surface area contributed by atoms with Crippen molar-refractivity contribution in [3.05, 3.63) is 28.7 Å². The zero-order valence-electron chi connectivity index (χ0n) is 9.95. The Balaban J connectivity index is 1.82. The van der Waals surface area contributed by atoms with Crippen LogP contribution >= 0.6 is 23.1 Å². The highest BCUT2D eigenvalue weighted by atomic mass is 32.2. The zero-order chi connectivity index (χ0) is 12.6. The monoisotopic (exact) mass is 278 g/mol. The standard InChI is InChI=1S/C12H14N4S2/c13-6-1-2-8-18-12-15-14-10-16(12)7-5-11-4-3-9-17-11/h3-4,9-10H,1-2,5,7-8H2. The van der Waals surface area contributed by atoms with Crippen LogP contribution in [-0.4, -0.2) is 20.5 Å². The lowest BCUT2D eigenvalue weighted by Crippen LogP contribution is -2.01. The van der Waals surface area contributed by atoms with E-state index in [1.165, 1.54) is 4.88 Å². The average Bonchev–Trinajstić information content (AvgIpc) is 3.03. The molecule has 0 bridgehead atoms. The molecule has 0 aliphatic carbocycles. The van der Waals surface area contributed by atoms with Crippen LogP contribution in [-0.2, 0) is 13.0 Å². The van der Waals surface area contributed by atoms with Crippen molar-refractivity contribution in [3.63, 3.8) is 0 Å². The number of thiophene rings is 1. The minimum absolute atomic E-state index is 0.607. The van der Waals surface area contributed by atoms with E-state index in [1.807, 2.05) is 0 Å². The maximum Gasteiger partial charge on any atom is 0.191 e. The van der Waals surface area contributed by atoms with Gasteiger partial charge in [-0.25, -0.2) is 0 Å². The minimum Gasteiger partial charge on any atom is -0.308 e. The number of aromatic nitrogens is 3. The number of nitrogens with zero attached hydrogens (tertiary/aromatic N) is 4. The maximum atomic E-state index is 8.48. The van der Waals surface area contributed by atoms with Crippen LogP contribution < -0.4 is 0 Å². The fourth-order valence-electron chi connectivity index (χ4n) is 1.51. The van der Waals surface area contributed by atoms with Crippen LogP contribution in [0.25, 0.3) is 0 Å². The molecule has 4 nitrogen and oxygen atoms in total. The van der Waals surface area contributed by atoms with Gasteiger partial charge in [0.1, 0.15) is 6.33 Å². The maximum absolute atomic E-state index is 8.48. The molecule has 0 atom stereocenters. The second-order valence-corrected chi connectivity index (χ2v) is 5.84. The zero-order valence-corrected chi connectivity index (χ0v) is 11.6. The predicted octanol–water partition coefficient (Wildman–Crippen LogP) is 2.98. The summed E-state index contributed by atoms with van der Waals surface area (Å²) in [7, 11) is 0. The molecule has 94 valence electrons. The van der Waals surface area contributed by atoms with Gasteiger partial charge in [-0.05, 0) is 24.3 Å². The highest BCUT2D eigenvalue weighted by Gasteiger charge is 2.05. The average molecular weight is 278 g/mol. The molecule has 0 unspecified atom stereocenters. The van der Waals surface area contributed by atoms with E-state index in [4.69, 9.17) is 5.26 Å². The predicted molar refractivity (Wildman–Crippen MR) is 73.6 cm³/mol. The number of rotatable bonds is 7. The Morgan fingerprint density at radius 3 is 3.22 bits per heavy atom. The summed E-state index contributed by atoms with van der Waals surface area (Å²) in [5.41, 5.74) is 0. The van der Waals surface area contributed by atoms with Crippen molar-refractivity contribution < 1.29 is 0 Å². The summed E-state index contributed by atoms with van der Waals surface area (Å²) < 4.78 is 2.08. The van der Waals surface area contributed by atoms with Gasteiger partial charge < -0.3 is 4.57 Å². The van der Waals surface area contributed by atoms with E-state index in [2.05, 4.69) is 38.3 Å². The van der Waals surface area contributed by atoms with Gasteiger partial charge in [0.2, 0.25) is 0 Å². The van der Waals surface area contributed by atoms with Crippen LogP contribution in [0.5, 0.6) is 0 Å². The van der Waals surface area contributed by atoms with Gasteiger partial charge in [0.15, 0.2) is 5.16 Å². The fraction of sp³-hybridized carbons (Fsp3) is 0.417. The summed E-state index contributed by atoms with van der Waals surface area (Å²) in [5.74, 6) is 0.922. The Labute approximate surface area is 115 Å². The molecule has 2 aromatic rings. The first-order valence-electron chi connectivity index (χ1n) is 5.80. The third-order valence-electron chi connectivity index (χ3n) is 2.42. The Bertz CT molecular complexity index is 498. The van der Waals surface area contributed by atoms with Crippen molar-refractivity contribution in [2.75, 3.05) is 5.75 Å². The molecule has 0 aliphatic heterocycles. The van der Waals surface area contributed by atoms with E-state index in [0.717, 1.165) is 30.3 Å². The van der Waals surface area contributed by atoms with E-state index < -0.39 is 0 Å². The molecule has 0 spiro atoms. The van der Waals surface area contributed by atoms with Crippen LogP contribution in [0.1, 0.15) is 17.7 Å². The Morgan fingerprint density at radius 2 is 2.44 bits per heavy atom. The highest BCUT2D eigenvalue weighted by molar-refractivity contribution is 7.99. The first-order chi connectivity index (χ1) is 8.90. The molecule has 0 aliphatic rings. The summed E-state index contributed by atoms with van der Waals surface area (Å²) >= 11 is 3.45. The minimum atomic E-state index is 0.607. The molecular formula is C12H14N4S2. The second kappa shape index (κ2) is 7.19. The number of unbranched alkanes of at least 4 members (excludes halogenated alkanes) is 1. The van der Waals surface area contributed by atoms with Crippen molar-refractivity contribution in [1.82, 2.24) is 14.8 Å². The van der Waals surface area contributed by atoms with Crippen LogP contribution in [0.2, 0.25) is 0 Å². The lowest BCUT2D eigenvalue weighted by atomic mass is 10.3. The van der Waals surface area contributed by atoms with Crippen LogP contribution in [0, 0.1) is 11.3 Å². The van der Waals surface area contributed by atoms with Crippen LogP contribution in [0.15, 0.2) is 29.0 Å². The van der Waals surface area contributed by atoms with Gasteiger partial charge in [-0.15, -0.1) is 21.5 Å². The van der Waals surface area contributed by atoms with E-state index in [1.54, 1.807) is 29.4 Å². The Morgan fingerprint density at radius 1 is 1.50 bits per heavy atom. The lowest BCUT2D eigenvalue weighted by molar-refractivity contribution is 0.637. The smallest absolute Gasteiger partial charge is 0.191 e. The van der Waals surface area contributed by atoms with E-state index >= 15 is 0 Å². The molecule has 0 N–H and O–H groups in total. The summed E-state index contributed by atoms with van der Waals surface area (Å²) in [5, 5.41) is 19.6. The van der Waals surface area contributed by atoms with Gasteiger partial charge >= 0.3 is 0 Å². The van der Waals surface area contributed by atoms with Gasteiger partial charge in [0.25, 0.3) is 0 Å². The fourth-order valence-corrected chi connectivity index (χ4v) is 3.09. The van der Waals surface area contributed by atoms with E-state index in [0.29, 0.717) is 6.42 Å². The van der Waals surface area contributed by atoms with Crippen molar-refractivity contribution in [1.29, 1.82) is 5.26 Å². The molecule has 6 heteroatoms. The van der Waals surface area contributed by atoms with E-state index in [-0.39, 0.29) is 0 Å².